The summed E-state index contributed by atoms with van der Waals surface area (Å²) in [4.78, 5) is 11.9. The Labute approximate surface area is 111 Å². The molecule has 3 nitrogen and oxygen atoms in total. The molecule has 0 spiro atoms. The van der Waals surface area contributed by atoms with Crippen molar-refractivity contribution in [2.24, 2.45) is 0 Å². The number of hydrogen-bond donors (Lipinski definition) is 2. The molecule has 18 heavy (non-hydrogen) atoms. The van der Waals surface area contributed by atoms with Gasteiger partial charge in [0.25, 0.3) is 5.91 Å². The summed E-state index contributed by atoms with van der Waals surface area (Å²) in [6.45, 7) is 0. The highest BCUT2D eigenvalue weighted by atomic mass is 79.9. The summed E-state index contributed by atoms with van der Waals surface area (Å²) in [6, 6.07) is 10.3. The van der Waals surface area contributed by atoms with E-state index in [1.807, 2.05) is 0 Å². The number of phenolic OH excluding ortho intramolecular Hbond substituents is 1. The number of carbonyl (C=O) groups is 1. The predicted molar refractivity (Wildman–Crippen MR) is 70.2 cm³/mol. The lowest BCUT2D eigenvalue weighted by Gasteiger charge is -2.08. The van der Waals surface area contributed by atoms with E-state index in [4.69, 9.17) is 0 Å². The van der Waals surface area contributed by atoms with Crippen molar-refractivity contribution in [3.63, 3.8) is 0 Å². The average molecular weight is 310 g/mol. The Morgan fingerprint density at radius 2 is 1.94 bits per heavy atom. The summed E-state index contributed by atoms with van der Waals surface area (Å²) in [6.07, 6.45) is 0. The van der Waals surface area contributed by atoms with Gasteiger partial charge in [-0.25, -0.2) is 4.39 Å². The third-order valence-corrected chi connectivity index (χ3v) is 2.95. The zero-order valence-corrected chi connectivity index (χ0v) is 10.7. The maximum atomic E-state index is 13.5. The smallest absolute Gasteiger partial charge is 0.259 e. The Balaban J connectivity index is 2.28. The van der Waals surface area contributed by atoms with Crippen LogP contribution in [0.3, 0.4) is 0 Å². The Kier molecular flexibility index (Phi) is 3.62. The monoisotopic (exact) mass is 309 g/mol. The van der Waals surface area contributed by atoms with Crippen molar-refractivity contribution in [1.82, 2.24) is 0 Å². The fourth-order valence-corrected chi connectivity index (χ4v) is 2.01. The highest BCUT2D eigenvalue weighted by Gasteiger charge is 2.15. The van der Waals surface area contributed by atoms with Gasteiger partial charge in [-0.3, -0.25) is 4.79 Å². The van der Waals surface area contributed by atoms with Crippen molar-refractivity contribution in [1.29, 1.82) is 0 Å². The van der Waals surface area contributed by atoms with Crippen molar-refractivity contribution in [3.05, 3.63) is 58.3 Å². The molecule has 0 atom stereocenters. The van der Waals surface area contributed by atoms with Gasteiger partial charge in [0.15, 0.2) is 0 Å². The zero-order chi connectivity index (χ0) is 13.1. The molecule has 2 rings (SSSR count). The Morgan fingerprint density at radius 3 is 2.61 bits per heavy atom. The maximum Gasteiger partial charge on any atom is 0.259 e. The van der Waals surface area contributed by atoms with E-state index in [0.717, 1.165) is 0 Å². The first-order valence-electron chi connectivity index (χ1n) is 5.12. The lowest BCUT2D eigenvalue weighted by atomic mass is 10.2. The fourth-order valence-electron chi connectivity index (χ4n) is 1.49. The number of halogens is 2. The molecule has 0 unspecified atom stereocenters. The van der Waals surface area contributed by atoms with E-state index in [1.54, 1.807) is 18.2 Å². The first kappa shape index (κ1) is 12.6. The van der Waals surface area contributed by atoms with Crippen LogP contribution >= 0.6 is 15.9 Å². The molecule has 1 amide bonds. The highest BCUT2D eigenvalue weighted by molar-refractivity contribution is 9.10. The van der Waals surface area contributed by atoms with Gasteiger partial charge in [0.1, 0.15) is 11.6 Å². The van der Waals surface area contributed by atoms with Crippen molar-refractivity contribution in [3.8, 4) is 5.75 Å². The molecule has 0 saturated heterocycles. The van der Waals surface area contributed by atoms with E-state index >= 15 is 0 Å². The van der Waals surface area contributed by atoms with E-state index in [-0.39, 0.29) is 11.3 Å². The normalized spacial score (nSPS) is 10.1. The first-order chi connectivity index (χ1) is 8.58. The number of anilines is 1. The third kappa shape index (κ3) is 2.68. The van der Waals surface area contributed by atoms with Gasteiger partial charge in [-0.05, 0) is 40.2 Å². The van der Waals surface area contributed by atoms with Crippen LogP contribution in [0.5, 0.6) is 5.75 Å². The van der Waals surface area contributed by atoms with Crippen LogP contribution in [-0.4, -0.2) is 11.0 Å². The van der Waals surface area contributed by atoms with E-state index < -0.39 is 11.7 Å². The summed E-state index contributed by atoms with van der Waals surface area (Å²) in [5.74, 6) is -1.16. The first-order valence-corrected chi connectivity index (χ1v) is 5.91. The molecule has 5 heteroatoms. The zero-order valence-electron chi connectivity index (χ0n) is 9.15. The Hall–Kier alpha value is -1.88. The summed E-state index contributed by atoms with van der Waals surface area (Å²) in [5.41, 5.74) is 0.330. The molecule has 2 N–H and O–H groups in total. The van der Waals surface area contributed by atoms with Gasteiger partial charge in [-0.15, -0.1) is 0 Å². The van der Waals surface area contributed by atoms with Crippen LogP contribution in [0.25, 0.3) is 0 Å². The molecule has 0 saturated carbocycles. The lowest BCUT2D eigenvalue weighted by Crippen LogP contribution is -2.14. The molecular weight excluding hydrogens is 301 g/mol. The topological polar surface area (TPSA) is 49.3 Å². The van der Waals surface area contributed by atoms with E-state index in [1.165, 1.54) is 24.3 Å². The van der Waals surface area contributed by atoms with Gasteiger partial charge in [-0.1, -0.05) is 12.1 Å². The van der Waals surface area contributed by atoms with Crippen molar-refractivity contribution < 1.29 is 14.3 Å². The van der Waals surface area contributed by atoms with Crippen LogP contribution in [0.1, 0.15) is 10.4 Å². The summed E-state index contributed by atoms with van der Waals surface area (Å²) >= 11 is 3.13. The highest BCUT2D eigenvalue weighted by Crippen LogP contribution is 2.22. The van der Waals surface area contributed by atoms with Crippen molar-refractivity contribution >= 4 is 27.5 Å². The van der Waals surface area contributed by atoms with Crippen molar-refractivity contribution in [2.45, 2.75) is 0 Å². The second-order valence-corrected chi connectivity index (χ2v) is 4.46. The number of carbonyl (C=O) groups excluding carboxylic acids is 1. The standard InChI is InChI=1S/C13H9BrFNO2/c14-10-5-2-6-11(15)12(10)13(18)16-8-3-1-4-9(17)7-8/h1-7,17H,(H,16,18). The minimum Gasteiger partial charge on any atom is -0.508 e. The summed E-state index contributed by atoms with van der Waals surface area (Å²) < 4.78 is 13.9. The van der Waals surface area contributed by atoms with Crippen LogP contribution in [0.15, 0.2) is 46.9 Å². The van der Waals surface area contributed by atoms with Crippen LogP contribution in [0, 0.1) is 5.82 Å². The van der Waals surface area contributed by atoms with Crippen LogP contribution < -0.4 is 5.32 Å². The quantitative estimate of drug-likeness (QED) is 0.891. The van der Waals surface area contributed by atoms with Gasteiger partial charge < -0.3 is 10.4 Å². The van der Waals surface area contributed by atoms with Crippen molar-refractivity contribution in [2.75, 3.05) is 5.32 Å². The number of amides is 1. The Bertz CT molecular complexity index is 581. The molecular formula is C13H9BrFNO2. The van der Waals surface area contributed by atoms with E-state index in [9.17, 15) is 14.3 Å². The minimum atomic E-state index is -0.609. The molecule has 0 aliphatic carbocycles. The van der Waals surface area contributed by atoms with Gasteiger partial charge in [0.05, 0.1) is 5.56 Å². The largest absolute Gasteiger partial charge is 0.508 e. The van der Waals surface area contributed by atoms with Crippen LogP contribution in [0.4, 0.5) is 10.1 Å². The lowest BCUT2D eigenvalue weighted by molar-refractivity contribution is 0.102. The van der Waals surface area contributed by atoms with Gasteiger partial charge in [0, 0.05) is 16.2 Å². The van der Waals surface area contributed by atoms with E-state index in [2.05, 4.69) is 21.2 Å². The number of aromatic hydroxyl groups is 1. The number of nitrogens with one attached hydrogen (secondary N) is 1. The summed E-state index contributed by atoms with van der Waals surface area (Å²) in [7, 11) is 0. The Morgan fingerprint density at radius 1 is 1.22 bits per heavy atom. The minimum absolute atomic E-state index is 0.0281. The molecule has 0 heterocycles. The van der Waals surface area contributed by atoms with Gasteiger partial charge >= 0.3 is 0 Å². The molecule has 0 bridgehead atoms. The van der Waals surface area contributed by atoms with Crippen LogP contribution in [0.2, 0.25) is 0 Å². The summed E-state index contributed by atoms with van der Waals surface area (Å²) in [5, 5.41) is 11.8. The van der Waals surface area contributed by atoms with Gasteiger partial charge in [0.2, 0.25) is 0 Å². The molecule has 2 aromatic rings. The predicted octanol–water partition coefficient (Wildman–Crippen LogP) is 3.55. The number of rotatable bonds is 2. The SMILES string of the molecule is O=C(Nc1cccc(O)c1)c1c(F)cccc1Br. The molecule has 0 aliphatic heterocycles. The average Bonchev–Trinajstić information content (AvgIpc) is 2.28. The van der Waals surface area contributed by atoms with Crippen LogP contribution in [-0.2, 0) is 0 Å². The third-order valence-electron chi connectivity index (χ3n) is 2.29. The van der Waals surface area contributed by atoms with E-state index in [0.29, 0.717) is 10.2 Å². The van der Waals surface area contributed by atoms with Gasteiger partial charge in [-0.2, -0.15) is 0 Å². The number of phenols is 1. The molecule has 2 aromatic carbocycles. The molecule has 0 aliphatic rings. The fraction of sp³-hybridized carbons (Fsp3) is 0. The number of benzene rings is 2. The molecule has 0 aromatic heterocycles. The number of hydrogen-bond acceptors (Lipinski definition) is 2. The molecule has 0 fully saturated rings. The second kappa shape index (κ2) is 5.18. The molecule has 92 valence electrons. The maximum absolute atomic E-state index is 13.5. The second-order valence-electron chi connectivity index (χ2n) is 3.60. The molecule has 0 radical (unpaired) electrons.